The number of carbonyl (C=O) groups is 1. The van der Waals surface area contributed by atoms with E-state index in [1.165, 1.54) is 10.9 Å². The fraction of sp³-hybridized carbons (Fsp3) is 0.600. The first-order valence-electron chi connectivity index (χ1n) is 4.98. The molecule has 1 aromatic heterocycles. The van der Waals surface area contributed by atoms with Gasteiger partial charge in [0.1, 0.15) is 6.54 Å². The molecule has 84 valence electrons. The molecule has 0 saturated carbocycles. The number of esters is 1. The molecular formula is C10H15ClN2O2. The number of aromatic nitrogens is 2. The SMILES string of the molecule is CCCCOC(=O)Cn1ncc(Cl)c1C. The van der Waals surface area contributed by atoms with E-state index < -0.39 is 0 Å². The summed E-state index contributed by atoms with van der Waals surface area (Å²) in [6.45, 7) is 4.46. The fourth-order valence-corrected chi connectivity index (χ4v) is 1.22. The van der Waals surface area contributed by atoms with E-state index in [0.29, 0.717) is 11.6 Å². The van der Waals surface area contributed by atoms with Crippen molar-refractivity contribution < 1.29 is 9.53 Å². The molecule has 0 amide bonds. The lowest BCUT2D eigenvalue weighted by atomic mass is 10.4. The first kappa shape index (κ1) is 12.0. The Hall–Kier alpha value is -1.03. The van der Waals surface area contributed by atoms with Gasteiger partial charge in [-0.15, -0.1) is 0 Å². The topological polar surface area (TPSA) is 44.1 Å². The van der Waals surface area contributed by atoms with Crippen LogP contribution in [0.3, 0.4) is 0 Å². The minimum absolute atomic E-state index is 0.127. The number of unbranched alkanes of at least 4 members (excludes halogenated alkanes) is 1. The van der Waals surface area contributed by atoms with Gasteiger partial charge >= 0.3 is 5.97 Å². The van der Waals surface area contributed by atoms with E-state index in [0.717, 1.165) is 18.5 Å². The molecule has 0 aromatic carbocycles. The average molecular weight is 231 g/mol. The first-order chi connectivity index (χ1) is 7.15. The highest BCUT2D eigenvalue weighted by Gasteiger charge is 2.09. The van der Waals surface area contributed by atoms with Gasteiger partial charge in [0, 0.05) is 0 Å². The van der Waals surface area contributed by atoms with E-state index >= 15 is 0 Å². The van der Waals surface area contributed by atoms with Gasteiger partial charge in [-0.3, -0.25) is 9.48 Å². The molecule has 1 aromatic rings. The van der Waals surface area contributed by atoms with Crippen LogP contribution in [0.25, 0.3) is 0 Å². The van der Waals surface area contributed by atoms with Gasteiger partial charge in [-0.2, -0.15) is 5.10 Å². The Balaban J connectivity index is 2.41. The molecule has 0 aliphatic heterocycles. The minimum atomic E-state index is -0.272. The van der Waals surface area contributed by atoms with Crippen LogP contribution in [0.2, 0.25) is 5.02 Å². The lowest BCUT2D eigenvalue weighted by molar-refractivity contribution is -0.144. The molecule has 0 unspecified atom stereocenters. The summed E-state index contributed by atoms with van der Waals surface area (Å²) in [5, 5.41) is 4.53. The van der Waals surface area contributed by atoms with Gasteiger partial charge in [0.15, 0.2) is 0 Å². The maximum Gasteiger partial charge on any atom is 0.327 e. The molecular weight excluding hydrogens is 216 g/mol. The maximum absolute atomic E-state index is 11.3. The van der Waals surface area contributed by atoms with E-state index in [2.05, 4.69) is 5.10 Å². The second-order valence-corrected chi connectivity index (χ2v) is 3.72. The Morgan fingerprint density at radius 3 is 2.93 bits per heavy atom. The number of nitrogens with zero attached hydrogens (tertiary/aromatic N) is 2. The molecule has 0 aliphatic rings. The number of hydrogen-bond acceptors (Lipinski definition) is 3. The van der Waals surface area contributed by atoms with Gasteiger partial charge in [0.05, 0.1) is 23.5 Å². The molecule has 0 N–H and O–H groups in total. The van der Waals surface area contributed by atoms with Crippen molar-refractivity contribution >= 4 is 17.6 Å². The molecule has 0 bridgehead atoms. The van der Waals surface area contributed by atoms with E-state index in [1.54, 1.807) is 0 Å². The molecule has 5 heteroatoms. The normalized spacial score (nSPS) is 10.3. The van der Waals surface area contributed by atoms with E-state index in [4.69, 9.17) is 16.3 Å². The van der Waals surface area contributed by atoms with Crippen LogP contribution in [0.5, 0.6) is 0 Å². The number of carbonyl (C=O) groups excluding carboxylic acids is 1. The molecule has 1 rings (SSSR count). The molecule has 0 fully saturated rings. The number of halogens is 1. The van der Waals surface area contributed by atoms with Crippen molar-refractivity contribution in [3.8, 4) is 0 Å². The van der Waals surface area contributed by atoms with Crippen molar-refractivity contribution in [2.24, 2.45) is 0 Å². The van der Waals surface area contributed by atoms with Crippen LogP contribution in [0.1, 0.15) is 25.5 Å². The molecule has 4 nitrogen and oxygen atoms in total. The van der Waals surface area contributed by atoms with Crippen molar-refractivity contribution in [1.29, 1.82) is 0 Å². The van der Waals surface area contributed by atoms with Gasteiger partial charge in [-0.05, 0) is 13.3 Å². The summed E-state index contributed by atoms with van der Waals surface area (Å²) in [6.07, 6.45) is 3.43. The molecule has 0 saturated heterocycles. The highest BCUT2D eigenvalue weighted by molar-refractivity contribution is 6.31. The van der Waals surface area contributed by atoms with Crippen LogP contribution in [0.4, 0.5) is 0 Å². The maximum atomic E-state index is 11.3. The Morgan fingerprint density at radius 1 is 1.67 bits per heavy atom. The Morgan fingerprint density at radius 2 is 2.40 bits per heavy atom. The van der Waals surface area contributed by atoms with Gasteiger partial charge in [0.25, 0.3) is 0 Å². The first-order valence-corrected chi connectivity index (χ1v) is 5.36. The van der Waals surface area contributed by atoms with Gasteiger partial charge in [-0.1, -0.05) is 24.9 Å². The summed E-state index contributed by atoms with van der Waals surface area (Å²) in [7, 11) is 0. The molecule has 0 aliphatic carbocycles. The van der Waals surface area contributed by atoms with Crippen molar-refractivity contribution in [3.05, 3.63) is 16.9 Å². The van der Waals surface area contributed by atoms with Crippen LogP contribution in [0.15, 0.2) is 6.20 Å². The van der Waals surface area contributed by atoms with E-state index in [-0.39, 0.29) is 12.5 Å². The third-order valence-corrected chi connectivity index (χ3v) is 2.45. The lowest BCUT2D eigenvalue weighted by Gasteiger charge is -2.05. The molecule has 0 spiro atoms. The van der Waals surface area contributed by atoms with E-state index in [9.17, 15) is 4.79 Å². The number of rotatable bonds is 5. The zero-order chi connectivity index (χ0) is 11.3. The van der Waals surface area contributed by atoms with Gasteiger partial charge in [-0.25, -0.2) is 0 Å². The summed E-state index contributed by atoms with van der Waals surface area (Å²) in [6, 6.07) is 0. The lowest BCUT2D eigenvalue weighted by Crippen LogP contribution is -2.16. The second kappa shape index (κ2) is 5.75. The summed E-state index contributed by atoms with van der Waals surface area (Å²) in [5.74, 6) is -0.272. The number of ether oxygens (including phenoxy) is 1. The highest BCUT2D eigenvalue weighted by atomic mass is 35.5. The zero-order valence-corrected chi connectivity index (χ0v) is 9.75. The van der Waals surface area contributed by atoms with Crippen molar-refractivity contribution in [2.45, 2.75) is 33.2 Å². The standard InChI is InChI=1S/C10H15ClN2O2/c1-3-4-5-15-10(14)7-13-8(2)9(11)6-12-13/h6H,3-5,7H2,1-2H3. The quantitative estimate of drug-likeness (QED) is 0.575. The minimum Gasteiger partial charge on any atom is -0.464 e. The van der Waals surface area contributed by atoms with E-state index in [1.807, 2.05) is 13.8 Å². The predicted octanol–water partition coefficient (Wildman–Crippen LogP) is 2.19. The monoisotopic (exact) mass is 230 g/mol. The Bertz CT molecular complexity index is 336. The summed E-state index contributed by atoms with van der Waals surface area (Å²) >= 11 is 5.80. The van der Waals surface area contributed by atoms with Gasteiger partial charge < -0.3 is 4.74 Å². The predicted molar refractivity (Wildman–Crippen MR) is 57.8 cm³/mol. The highest BCUT2D eigenvalue weighted by Crippen LogP contribution is 2.12. The fourth-order valence-electron chi connectivity index (χ4n) is 1.08. The average Bonchev–Trinajstić information content (AvgIpc) is 2.50. The largest absolute Gasteiger partial charge is 0.464 e. The van der Waals surface area contributed by atoms with Crippen LogP contribution < -0.4 is 0 Å². The smallest absolute Gasteiger partial charge is 0.327 e. The Kier molecular flexibility index (Phi) is 4.62. The van der Waals surface area contributed by atoms with Crippen LogP contribution in [0, 0.1) is 6.92 Å². The van der Waals surface area contributed by atoms with Gasteiger partial charge in [0.2, 0.25) is 0 Å². The second-order valence-electron chi connectivity index (χ2n) is 3.31. The summed E-state index contributed by atoms with van der Waals surface area (Å²) in [5.41, 5.74) is 0.782. The van der Waals surface area contributed by atoms with Crippen molar-refractivity contribution in [3.63, 3.8) is 0 Å². The van der Waals surface area contributed by atoms with Crippen LogP contribution >= 0.6 is 11.6 Å². The third kappa shape index (κ3) is 3.55. The van der Waals surface area contributed by atoms with Crippen LogP contribution in [-0.2, 0) is 16.1 Å². The van der Waals surface area contributed by atoms with Crippen molar-refractivity contribution in [1.82, 2.24) is 9.78 Å². The van der Waals surface area contributed by atoms with Crippen LogP contribution in [-0.4, -0.2) is 22.4 Å². The summed E-state index contributed by atoms with van der Waals surface area (Å²) in [4.78, 5) is 11.3. The Labute approximate surface area is 94.2 Å². The molecule has 1 heterocycles. The zero-order valence-electron chi connectivity index (χ0n) is 8.99. The number of hydrogen-bond donors (Lipinski definition) is 0. The molecule has 15 heavy (non-hydrogen) atoms. The molecule has 0 atom stereocenters. The molecule has 0 radical (unpaired) electrons. The summed E-state index contributed by atoms with van der Waals surface area (Å²) < 4.78 is 6.55. The third-order valence-electron chi connectivity index (χ3n) is 2.08. The van der Waals surface area contributed by atoms with Crippen molar-refractivity contribution in [2.75, 3.05) is 6.61 Å².